The van der Waals surface area contributed by atoms with Gasteiger partial charge in [0.05, 0.1) is 23.6 Å². The third kappa shape index (κ3) is 5.52. The number of aromatic nitrogens is 2. The molecular weight excluding hydrogens is 282 g/mol. The first-order valence-corrected chi connectivity index (χ1v) is 8.32. The maximum atomic E-state index is 11.6. The van der Waals surface area contributed by atoms with Gasteiger partial charge in [-0.15, -0.1) is 0 Å². The summed E-state index contributed by atoms with van der Waals surface area (Å²) in [5.41, 5.74) is 0.845. The van der Waals surface area contributed by atoms with E-state index in [0.717, 1.165) is 0 Å². The summed E-state index contributed by atoms with van der Waals surface area (Å²) in [4.78, 5) is 19.7. The number of anilines is 1. The number of carbonyl (C=O) groups is 1. The smallest absolute Gasteiger partial charge is 0.341 e. The fourth-order valence-corrected chi connectivity index (χ4v) is 2.16. The van der Waals surface area contributed by atoms with E-state index in [4.69, 9.17) is 4.74 Å². The summed E-state index contributed by atoms with van der Waals surface area (Å²) in [7, 11) is -2.95. The summed E-state index contributed by atoms with van der Waals surface area (Å²) in [5.74, 6) is 0.0255. The average Bonchev–Trinajstić information content (AvgIpc) is 2.34. The zero-order valence-corrected chi connectivity index (χ0v) is 12.7. The molecule has 8 heteroatoms. The summed E-state index contributed by atoms with van der Waals surface area (Å²) < 4.78 is 26.8. The van der Waals surface area contributed by atoms with Crippen LogP contribution >= 0.6 is 0 Å². The Bertz CT molecular complexity index is 572. The van der Waals surface area contributed by atoms with Crippen LogP contribution < -0.4 is 5.32 Å². The number of hydrogen-bond donors (Lipinski definition) is 1. The number of nitrogens with zero attached hydrogens (tertiary/aromatic N) is 2. The second kappa shape index (κ2) is 7.18. The lowest BCUT2D eigenvalue weighted by Gasteiger charge is -2.08. The molecule has 0 unspecified atom stereocenters. The first-order valence-electron chi connectivity index (χ1n) is 6.26. The van der Waals surface area contributed by atoms with E-state index >= 15 is 0 Å². The molecule has 0 aliphatic heterocycles. The molecule has 0 aromatic carbocycles. The largest absolute Gasteiger partial charge is 0.462 e. The van der Waals surface area contributed by atoms with Gasteiger partial charge in [-0.1, -0.05) is 0 Å². The van der Waals surface area contributed by atoms with Gasteiger partial charge in [0, 0.05) is 19.0 Å². The first kappa shape index (κ1) is 16.4. The van der Waals surface area contributed by atoms with Crippen molar-refractivity contribution in [3.05, 3.63) is 17.5 Å². The van der Waals surface area contributed by atoms with Gasteiger partial charge in [0.15, 0.2) is 0 Å². The molecule has 0 atom stereocenters. The van der Waals surface area contributed by atoms with E-state index in [1.807, 2.05) is 0 Å². The molecule has 0 amide bonds. The van der Waals surface area contributed by atoms with Crippen molar-refractivity contribution in [2.75, 3.05) is 30.5 Å². The molecule has 1 heterocycles. The van der Waals surface area contributed by atoms with E-state index in [0.29, 0.717) is 36.8 Å². The minimum Gasteiger partial charge on any atom is -0.462 e. The number of sulfone groups is 1. The monoisotopic (exact) mass is 301 g/mol. The third-order valence-corrected chi connectivity index (χ3v) is 3.48. The van der Waals surface area contributed by atoms with Crippen molar-refractivity contribution in [3.8, 4) is 0 Å². The molecule has 1 aromatic heterocycles. The molecule has 1 N–H and O–H groups in total. The first-order chi connectivity index (χ1) is 9.33. The van der Waals surface area contributed by atoms with Gasteiger partial charge in [0.2, 0.25) is 5.95 Å². The van der Waals surface area contributed by atoms with Gasteiger partial charge in [-0.3, -0.25) is 0 Å². The topological polar surface area (TPSA) is 98.2 Å². The molecule has 0 saturated carbocycles. The highest BCUT2D eigenvalue weighted by atomic mass is 32.2. The van der Waals surface area contributed by atoms with Crippen molar-refractivity contribution in [2.45, 2.75) is 20.3 Å². The second-order valence-electron chi connectivity index (χ2n) is 4.32. The maximum absolute atomic E-state index is 11.6. The van der Waals surface area contributed by atoms with E-state index in [1.54, 1.807) is 13.8 Å². The Hall–Kier alpha value is -1.70. The maximum Gasteiger partial charge on any atom is 0.341 e. The van der Waals surface area contributed by atoms with Gasteiger partial charge in [-0.25, -0.2) is 23.2 Å². The van der Waals surface area contributed by atoms with Crippen LogP contribution in [0.25, 0.3) is 0 Å². The van der Waals surface area contributed by atoms with E-state index in [2.05, 4.69) is 15.3 Å². The molecule has 7 nitrogen and oxygen atoms in total. The molecule has 1 rings (SSSR count). The lowest BCUT2D eigenvalue weighted by atomic mass is 10.2. The Morgan fingerprint density at radius 3 is 2.70 bits per heavy atom. The summed E-state index contributed by atoms with van der Waals surface area (Å²) in [5, 5.41) is 2.92. The van der Waals surface area contributed by atoms with Crippen LogP contribution in [-0.2, 0) is 14.6 Å². The van der Waals surface area contributed by atoms with Crippen molar-refractivity contribution >= 4 is 21.8 Å². The van der Waals surface area contributed by atoms with Gasteiger partial charge < -0.3 is 10.1 Å². The highest BCUT2D eigenvalue weighted by Gasteiger charge is 2.12. The second-order valence-corrected chi connectivity index (χ2v) is 6.58. The number of aryl methyl sites for hydroxylation is 1. The van der Waals surface area contributed by atoms with Gasteiger partial charge in [0.1, 0.15) is 9.84 Å². The minimum atomic E-state index is -2.95. The van der Waals surface area contributed by atoms with Crippen LogP contribution in [0.1, 0.15) is 29.4 Å². The van der Waals surface area contributed by atoms with Gasteiger partial charge in [0.25, 0.3) is 0 Å². The molecule has 0 spiro atoms. The zero-order chi connectivity index (χ0) is 15.2. The molecule has 1 aromatic rings. The van der Waals surface area contributed by atoms with Gasteiger partial charge >= 0.3 is 5.97 Å². The Labute approximate surface area is 118 Å². The van der Waals surface area contributed by atoms with Gasteiger partial charge in [-0.2, -0.15) is 0 Å². The molecule has 0 saturated heterocycles. The van der Waals surface area contributed by atoms with Crippen LogP contribution in [0.5, 0.6) is 0 Å². The predicted molar refractivity (Wildman–Crippen MR) is 75.5 cm³/mol. The number of esters is 1. The standard InChI is InChI=1S/C12H19N3O4S/c1-4-19-11(16)10-8-14-12(15-9(10)2)13-6-5-7-20(3,17)18/h8H,4-7H2,1-3H3,(H,13,14,15). The van der Waals surface area contributed by atoms with E-state index in [9.17, 15) is 13.2 Å². The number of carbonyl (C=O) groups excluding carboxylic acids is 1. The van der Waals surface area contributed by atoms with Crippen molar-refractivity contribution in [1.29, 1.82) is 0 Å². The van der Waals surface area contributed by atoms with Crippen LogP contribution in [0.3, 0.4) is 0 Å². The molecule has 112 valence electrons. The Kier molecular flexibility index (Phi) is 5.87. The SMILES string of the molecule is CCOC(=O)c1cnc(NCCCS(C)(=O)=O)nc1C. The molecule has 0 radical (unpaired) electrons. The van der Waals surface area contributed by atoms with Crippen molar-refractivity contribution in [1.82, 2.24) is 9.97 Å². The Morgan fingerprint density at radius 2 is 2.15 bits per heavy atom. The Morgan fingerprint density at radius 1 is 1.45 bits per heavy atom. The fourth-order valence-electron chi connectivity index (χ4n) is 1.50. The molecule has 20 heavy (non-hydrogen) atoms. The van der Waals surface area contributed by atoms with Crippen LogP contribution in [0, 0.1) is 6.92 Å². The summed E-state index contributed by atoms with van der Waals surface area (Å²) >= 11 is 0. The van der Waals surface area contributed by atoms with E-state index in [1.165, 1.54) is 12.5 Å². The highest BCUT2D eigenvalue weighted by Crippen LogP contribution is 2.08. The lowest BCUT2D eigenvalue weighted by Crippen LogP contribution is -2.13. The van der Waals surface area contributed by atoms with Crippen molar-refractivity contribution in [2.24, 2.45) is 0 Å². The zero-order valence-electron chi connectivity index (χ0n) is 11.8. The van der Waals surface area contributed by atoms with E-state index < -0.39 is 15.8 Å². The molecule has 0 aliphatic rings. The highest BCUT2D eigenvalue weighted by molar-refractivity contribution is 7.90. The summed E-state index contributed by atoms with van der Waals surface area (Å²) in [6.07, 6.45) is 3.07. The molecular formula is C12H19N3O4S. The summed E-state index contributed by atoms with van der Waals surface area (Å²) in [6.45, 7) is 4.16. The van der Waals surface area contributed by atoms with Crippen LogP contribution in [0.15, 0.2) is 6.20 Å². The average molecular weight is 301 g/mol. The van der Waals surface area contributed by atoms with Crippen LogP contribution in [0.4, 0.5) is 5.95 Å². The lowest BCUT2D eigenvalue weighted by molar-refractivity contribution is 0.0524. The predicted octanol–water partition coefficient (Wildman–Crippen LogP) is 0.808. The third-order valence-electron chi connectivity index (χ3n) is 2.45. The number of nitrogens with one attached hydrogen (secondary N) is 1. The molecule has 0 aliphatic carbocycles. The van der Waals surface area contributed by atoms with Gasteiger partial charge in [-0.05, 0) is 20.3 Å². The van der Waals surface area contributed by atoms with Crippen LogP contribution in [0.2, 0.25) is 0 Å². The summed E-state index contributed by atoms with van der Waals surface area (Å²) in [6, 6.07) is 0. The normalized spacial score (nSPS) is 11.2. The minimum absolute atomic E-state index is 0.111. The number of rotatable bonds is 7. The number of hydrogen-bond acceptors (Lipinski definition) is 7. The number of ether oxygens (including phenoxy) is 1. The van der Waals surface area contributed by atoms with E-state index in [-0.39, 0.29) is 5.75 Å². The molecule has 0 bridgehead atoms. The van der Waals surface area contributed by atoms with Crippen LogP contribution in [-0.4, -0.2) is 49.5 Å². The Balaban J connectivity index is 2.57. The van der Waals surface area contributed by atoms with Crippen molar-refractivity contribution < 1.29 is 17.9 Å². The quantitative estimate of drug-likeness (QED) is 0.587. The fraction of sp³-hybridized carbons (Fsp3) is 0.583. The van der Waals surface area contributed by atoms with Crippen molar-refractivity contribution in [3.63, 3.8) is 0 Å². The molecule has 0 fully saturated rings.